The van der Waals surface area contributed by atoms with Crippen LogP contribution in [0.2, 0.25) is 5.02 Å². The summed E-state index contributed by atoms with van der Waals surface area (Å²) in [5.74, 6) is -0.165. The lowest BCUT2D eigenvalue weighted by Crippen LogP contribution is -2.30. The van der Waals surface area contributed by atoms with Crippen molar-refractivity contribution in [3.63, 3.8) is 0 Å². The van der Waals surface area contributed by atoms with Gasteiger partial charge in [0.15, 0.2) is 10.8 Å². The second kappa shape index (κ2) is 7.97. The van der Waals surface area contributed by atoms with Crippen LogP contribution in [-0.4, -0.2) is 20.7 Å². The quantitative estimate of drug-likeness (QED) is 0.401. The summed E-state index contributed by atoms with van der Waals surface area (Å²) in [5.41, 5.74) is 3.23. The number of hydrogen-bond acceptors (Lipinski definition) is 4. The monoisotopic (exact) mass is 424 g/mol. The van der Waals surface area contributed by atoms with Crippen LogP contribution in [0.15, 0.2) is 54.6 Å². The van der Waals surface area contributed by atoms with Gasteiger partial charge in [-0.3, -0.25) is 14.4 Å². The van der Waals surface area contributed by atoms with E-state index in [1.165, 1.54) is 11.3 Å². The Balaban J connectivity index is 1.76. The average Bonchev–Trinajstić information content (AvgIpc) is 3.29. The lowest BCUT2D eigenvalue weighted by molar-refractivity contribution is 0.0979. The van der Waals surface area contributed by atoms with Crippen LogP contribution in [0, 0.1) is 6.92 Å². The molecular formula is C22H21ClN4OS. The maximum absolute atomic E-state index is 13.5. The number of benzene rings is 2. The van der Waals surface area contributed by atoms with Crippen molar-refractivity contribution in [3.8, 4) is 0 Å². The van der Waals surface area contributed by atoms with E-state index in [9.17, 15) is 4.79 Å². The highest BCUT2D eigenvalue weighted by Crippen LogP contribution is 2.32. The highest BCUT2D eigenvalue weighted by Gasteiger charge is 2.25. The third-order valence-electron chi connectivity index (χ3n) is 4.63. The highest BCUT2D eigenvalue weighted by molar-refractivity contribution is 7.22. The number of nitrogens with zero attached hydrogens (tertiary/aromatic N) is 4. The van der Waals surface area contributed by atoms with Gasteiger partial charge < -0.3 is 0 Å². The van der Waals surface area contributed by atoms with Crippen LogP contribution >= 0.6 is 22.9 Å². The lowest BCUT2D eigenvalue weighted by Gasteiger charge is -2.19. The SMILES string of the molecule is Cc1cc(C(=O)N(Cc2ccccc2)c2nc3ccc(Cl)cc3s2)nn1C(C)C. The van der Waals surface area contributed by atoms with Gasteiger partial charge in [0.05, 0.1) is 16.8 Å². The Kier molecular flexibility index (Phi) is 5.39. The van der Waals surface area contributed by atoms with Gasteiger partial charge in [0.2, 0.25) is 0 Å². The standard InChI is InChI=1S/C22H21ClN4OS/c1-14(2)27-15(3)11-19(25-27)21(28)26(13-16-7-5-4-6-8-16)22-24-18-10-9-17(23)12-20(18)29-22/h4-12,14H,13H2,1-3H3. The normalized spacial score (nSPS) is 11.3. The third kappa shape index (κ3) is 4.04. The smallest absolute Gasteiger partial charge is 0.278 e. The second-order valence-electron chi connectivity index (χ2n) is 7.19. The summed E-state index contributed by atoms with van der Waals surface area (Å²) in [4.78, 5) is 19.9. The Morgan fingerprint density at radius 1 is 1.17 bits per heavy atom. The molecule has 4 aromatic rings. The summed E-state index contributed by atoms with van der Waals surface area (Å²) in [5, 5.41) is 5.83. The van der Waals surface area contributed by atoms with E-state index in [1.807, 2.05) is 80.1 Å². The van der Waals surface area contributed by atoms with Gasteiger partial charge in [-0.15, -0.1) is 0 Å². The Labute approximate surface area is 178 Å². The first-order valence-corrected chi connectivity index (χ1v) is 10.6. The molecule has 0 N–H and O–H groups in total. The molecule has 0 aliphatic heterocycles. The molecule has 0 aliphatic rings. The van der Waals surface area contributed by atoms with Crippen LogP contribution in [0.5, 0.6) is 0 Å². The number of anilines is 1. The average molecular weight is 425 g/mol. The van der Waals surface area contributed by atoms with Crippen LogP contribution in [0.25, 0.3) is 10.2 Å². The van der Waals surface area contributed by atoms with Gasteiger partial charge in [-0.05, 0) is 50.6 Å². The second-order valence-corrected chi connectivity index (χ2v) is 8.64. The maximum Gasteiger partial charge on any atom is 0.280 e. The van der Waals surface area contributed by atoms with Crippen molar-refractivity contribution >= 4 is 44.2 Å². The van der Waals surface area contributed by atoms with E-state index in [4.69, 9.17) is 16.6 Å². The van der Waals surface area contributed by atoms with Gasteiger partial charge in [-0.25, -0.2) is 4.98 Å². The number of aryl methyl sites for hydroxylation is 1. The van der Waals surface area contributed by atoms with E-state index in [1.54, 1.807) is 4.90 Å². The van der Waals surface area contributed by atoms with Gasteiger partial charge in [0.25, 0.3) is 5.91 Å². The molecule has 7 heteroatoms. The molecule has 2 heterocycles. The Morgan fingerprint density at radius 3 is 2.62 bits per heavy atom. The van der Waals surface area contributed by atoms with Crippen LogP contribution < -0.4 is 4.90 Å². The number of rotatable bonds is 5. The van der Waals surface area contributed by atoms with Crippen LogP contribution in [0.3, 0.4) is 0 Å². The molecule has 2 aromatic carbocycles. The zero-order chi connectivity index (χ0) is 20.5. The van der Waals surface area contributed by atoms with Crippen molar-refractivity contribution in [2.24, 2.45) is 0 Å². The maximum atomic E-state index is 13.5. The van der Waals surface area contributed by atoms with E-state index in [0.29, 0.717) is 22.4 Å². The van der Waals surface area contributed by atoms with Gasteiger partial charge in [0.1, 0.15) is 0 Å². The summed E-state index contributed by atoms with van der Waals surface area (Å²) in [6.45, 7) is 6.48. The van der Waals surface area contributed by atoms with E-state index >= 15 is 0 Å². The summed E-state index contributed by atoms with van der Waals surface area (Å²) in [6.07, 6.45) is 0. The molecule has 1 amide bonds. The molecule has 148 valence electrons. The Bertz CT molecular complexity index is 1170. The fraction of sp³-hybridized carbons (Fsp3) is 0.227. The number of amides is 1. The molecule has 0 atom stereocenters. The topological polar surface area (TPSA) is 51.0 Å². The molecule has 0 saturated carbocycles. The summed E-state index contributed by atoms with van der Waals surface area (Å²) >= 11 is 7.59. The molecule has 0 fully saturated rings. The summed E-state index contributed by atoms with van der Waals surface area (Å²) in [7, 11) is 0. The van der Waals surface area contributed by atoms with Gasteiger partial charge in [0, 0.05) is 16.8 Å². The van der Waals surface area contributed by atoms with Gasteiger partial charge >= 0.3 is 0 Å². The van der Waals surface area contributed by atoms with Crippen LogP contribution in [-0.2, 0) is 6.54 Å². The molecule has 5 nitrogen and oxygen atoms in total. The van der Waals surface area contributed by atoms with Crippen molar-refractivity contribution in [1.29, 1.82) is 0 Å². The number of fused-ring (bicyclic) bond motifs is 1. The largest absolute Gasteiger partial charge is 0.280 e. The predicted molar refractivity (Wildman–Crippen MR) is 119 cm³/mol. The van der Waals surface area contributed by atoms with Gasteiger partial charge in [-0.1, -0.05) is 53.3 Å². The molecule has 0 saturated heterocycles. The van der Waals surface area contributed by atoms with Crippen LogP contribution in [0.4, 0.5) is 5.13 Å². The first kappa shape index (κ1) is 19.6. The molecule has 0 radical (unpaired) electrons. The van der Waals surface area contributed by atoms with E-state index in [-0.39, 0.29) is 11.9 Å². The minimum Gasteiger partial charge on any atom is -0.278 e. The third-order valence-corrected chi connectivity index (χ3v) is 5.91. The lowest BCUT2D eigenvalue weighted by atomic mass is 10.2. The van der Waals surface area contributed by atoms with E-state index < -0.39 is 0 Å². The Morgan fingerprint density at radius 2 is 1.93 bits per heavy atom. The number of carbonyl (C=O) groups is 1. The van der Waals surface area contributed by atoms with E-state index in [0.717, 1.165) is 21.5 Å². The minimum atomic E-state index is -0.165. The molecular weight excluding hydrogens is 404 g/mol. The molecule has 0 bridgehead atoms. The fourth-order valence-electron chi connectivity index (χ4n) is 3.25. The summed E-state index contributed by atoms with van der Waals surface area (Å²) < 4.78 is 2.81. The number of thiazole rings is 1. The fourth-order valence-corrected chi connectivity index (χ4v) is 4.49. The number of halogens is 1. The van der Waals surface area contributed by atoms with Crippen molar-refractivity contribution in [2.45, 2.75) is 33.4 Å². The molecule has 4 rings (SSSR count). The minimum absolute atomic E-state index is 0.165. The highest BCUT2D eigenvalue weighted by atomic mass is 35.5. The molecule has 0 spiro atoms. The molecule has 29 heavy (non-hydrogen) atoms. The number of aromatic nitrogens is 3. The molecule has 2 aromatic heterocycles. The Hall–Kier alpha value is -2.70. The predicted octanol–water partition coefficient (Wildman–Crippen LogP) is 5.88. The van der Waals surface area contributed by atoms with Crippen molar-refractivity contribution < 1.29 is 4.79 Å². The van der Waals surface area contributed by atoms with Crippen molar-refractivity contribution in [1.82, 2.24) is 14.8 Å². The van der Waals surface area contributed by atoms with Crippen LogP contribution in [0.1, 0.15) is 41.6 Å². The summed E-state index contributed by atoms with van der Waals surface area (Å²) in [6, 6.07) is 17.5. The first-order chi connectivity index (χ1) is 13.9. The van der Waals surface area contributed by atoms with Crippen molar-refractivity contribution in [2.75, 3.05) is 4.90 Å². The molecule has 0 unspecified atom stereocenters. The number of hydrogen-bond donors (Lipinski definition) is 0. The zero-order valence-corrected chi connectivity index (χ0v) is 18.0. The first-order valence-electron chi connectivity index (χ1n) is 9.40. The zero-order valence-electron chi connectivity index (χ0n) is 16.5. The number of carbonyl (C=O) groups excluding carboxylic acids is 1. The molecule has 0 aliphatic carbocycles. The van der Waals surface area contributed by atoms with E-state index in [2.05, 4.69) is 5.10 Å². The van der Waals surface area contributed by atoms with Gasteiger partial charge in [-0.2, -0.15) is 5.10 Å². The van der Waals surface area contributed by atoms with Crippen molar-refractivity contribution in [3.05, 3.63) is 76.6 Å².